The zero-order chi connectivity index (χ0) is 14.7. The van der Waals surface area contributed by atoms with Gasteiger partial charge in [-0.2, -0.15) is 0 Å². The van der Waals surface area contributed by atoms with Crippen molar-refractivity contribution in [2.75, 3.05) is 13.6 Å². The van der Waals surface area contributed by atoms with Crippen LogP contribution in [-0.4, -0.2) is 19.5 Å². The molecular formula is C16H23FN2O. The Morgan fingerprint density at radius 3 is 2.95 bits per heavy atom. The fraction of sp³-hybridized carbons (Fsp3) is 0.562. The molecule has 20 heavy (non-hydrogen) atoms. The third-order valence-electron chi connectivity index (χ3n) is 4.16. The second-order valence-corrected chi connectivity index (χ2v) is 5.77. The minimum atomic E-state index is -0.156. The van der Waals surface area contributed by atoms with Crippen molar-refractivity contribution in [2.24, 2.45) is 11.8 Å². The molecule has 0 bridgehead atoms. The molecule has 0 aliphatic heterocycles. The molecule has 2 N–H and O–H groups in total. The Morgan fingerprint density at radius 1 is 1.50 bits per heavy atom. The molecule has 1 aliphatic rings. The summed E-state index contributed by atoms with van der Waals surface area (Å²) in [5, 5.41) is 6.10. The summed E-state index contributed by atoms with van der Waals surface area (Å²) in [5.74, 6) is 0.103. The number of carbonyl (C=O) groups is 1. The summed E-state index contributed by atoms with van der Waals surface area (Å²) in [6.45, 7) is 4.65. The quantitative estimate of drug-likeness (QED) is 0.888. The minimum absolute atomic E-state index is 0.0216. The molecule has 0 radical (unpaired) electrons. The number of hydrogen-bond donors (Lipinski definition) is 2. The van der Waals surface area contributed by atoms with Gasteiger partial charge < -0.3 is 10.6 Å². The molecule has 4 heteroatoms. The van der Waals surface area contributed by atoms with Gasteiger partial charge in [-0.1, -0.05) is 26.0 Å². The number of fused-ring (bicyclic) bond motifs is 1. The second kappa shape index (κ2) is 6.35. The Balaban J connectivity index is 2.20. The molecule has 1 amide bonds. The monoisotopic (exact) mass is 278 g/mol. The highest BCUT2D eigenvalue weighted by atomic mass is 19.1. The molecule has 3 atom stereocenters. The van der Waals surface area contributed by atoms with Gasteiger partial charge in [0.15, 0.2) is 0 Å². The molecule has 2 rings (SSSR count). The summed E-state index contributed by atoms with van der Waals surface area (Å²) in [5.41, 5.74) is 1.70. The van der Waals surface area contributed by atoms with Gasteiger partial charge in [0.25, 0.3) is 0 Å². The van der Waals surface area contributed by atoms with Crippen molar-refractivity contribution in [3.63, 3.8) is 0 Å². The number of amides is 1. The maximum Gasteiger partial charge on any atom is 0.224 e. The lowest BCUT2D eigenvalue weighted by atomic mass is 9.80. The molecule has 1 aromatic carbocycles. The highest BCUT2D eigenvalue weighted by molar-refractivity contribution is 5.79. The van der Waals surface area contributed by atoms with Gasteiger partial charge in [0.1, 0.15) is 5.82 Å². The lowest BCUT2D eigenvalue weighted by molar-refractivity contribution is -0.125. The van der Waals surface area contributed by atoms with E-state index in [1.54, 1.807) is 6.07 Å². The number of halogens is 1. The fourth-order valence-corrected chi connectivity index (χ4v) is 2.89. The van der Waals surface area contributed by atoms with E-state index in [0.717, 1.165) is 24.0 Å². The molecule has 1 aliphatic carbocycles. The van der Waals surface area contributed by atoms with E-state index in [9.17, 15) is 9.18 Å². The average molecular weight is 278 g/mol. The van der Waals surface area contributed by atoms with Gasteiger partial charge in [0.05, 0.1) is 6.04 Å². The van der Waals surface area contributed by atoms with Crippen LogP contribution in [0.3, 0.4) is 0 Å². The van der Waals surface area contributed by atoms with Crippen molar-refractivity contribution in [3.05, 3.63) is 35.1 Å². The third-order valence-corrected chi connectivity index (χ3v) is 4.16. The zero-order valence-corrected chi connectivity index (χ0v) is 12.4. The topological polar surface area (TPSA) is 41.1 Å². The predicted molar refractivity (Wildman–Crippen MR) is 77.9 cm³/mol. The van der Waals surface area contributed by atoms with Crippen molar-refractivity contribution in [3.8, 4) is 0 Å². The van der Waals surface area contributed by atoms with Crippen LogP contribution in [0.25, 0.3) is 0 Å². The SMILES string of the molecule is CNCC(C)C(=O)NC1c2cccc(F)c2CCC1C. The van der Waals surface area contributed by atoms with Gasteiger partial charge in [-0.05, 0) is 43.0 Å². The third kappa shape index (κ3) is 3.01. The first-order valence-electron chi connectivity index (χ1n) is 7.26. The number of rotatable bonds is 4. The van der Waals surface area contributed by atoms with E-state index in [1.807, 2.05) is 20.0 Å². The van der Waals surface area contributed by atoms with E-state index in [1.165, 1.54) is 6.07 Å². The highest BCUT2D eigenvalue weighted by Crippen LogP contribution is 2.35. The fourth-order valence-electron chi connectivity index (χ4n) is 2.89. The van der Waals surface area contributed by atoms with Crippen LogP contribution in [0.2, 0.25) is 0 Å². The molecule has 1 aromatic rings. The number of benzene rings is 1. The summed E-state index contributed by atoms with van der Waals surface area (Å²) < 4.78 is 13.9. The van der Waals surface area contributed by atoms with E-state index in [-0.39, 0.29) is 23.7 Å². The highest BCUT2D eigenvalue weighted by Gasteiger charge is 2.30. The number of carbonyl (C=O) groups excluding carboxylic acids is 1. The second-order valence-electron chi connectivity index (χ2n) is 5.77. The predicted octanol–water partition coefficient (Wildman–Crippen LogP) is 2.42. The maximum atomic E-state index is 13.9. The van der Waals surface area contributed by atoms with Crippen molar-refractivity contribution in [1.29, 1.82) is 0 Å². The van der Waals surface area contributed by atoms with E-state index >= 15 is 0 Å². The first-order valence-corrected chi connectivity index (χ1v) is 7.26. The van der Waals surface area contributed by atoms with Gasteiger partial charge in [0.2, 0.25) is 5.91 Å². The Labute approximate surface area is 120 Å². The van der Waals surface area contributed by atoms with Gasteiger partial charge in [-0.25, -0.2) is 4.39 Å². The summed E-state index contributed by atoms with van der Waals surface area (Å²) in [7, 11) is 1.83. The van der Waals surface area contributed by atoms with Crippen molar-refractivity contribution in [2.45, 2.75) is 32.7 Å². The molecule has 0 saturated carbocycles. The number of hydrogen-bond acceptors (Lipinski definition) is 2. The first kappa shape index (κ1) is 15.0. The van der Waals surface area contributed by atoms with Crippen LogP contribution in [0.4, 0.5) is 4.39 Å². The van der Waals surface area contributed by atoms with Crippen LogP contribution in [-0.2, 0) is 11.2 Å². The van der Waals surface area contributed by atoms with Crippen LogP contribution >= 0.6 is 0 Å². The first-order chi connectivity index (χ1) is 9.54. The van der Waals surface area contributed by atoms with Crippen LogP contribution in [0.1, 0.15) is 37.4 Å². The Kier molecular flexibility index (Phi) is 4.76. The molecule has 3 unspecified atom stereocenters. The lowest BCUT2D eigenvalue weighted by Crippen LogP contribution is -2.40. The van der Waals surface area contributed by atoms with Crippen molar-refractivity contribution in [1.82, 2.24) is 10.6 Å². The van der Waals surface area contributed by atoms with Crippen LogP contribution in [0.5, 0.6) is 0 Å². The molecule has 0 aromatic heterocycles. The summed E-state index contributed by atoms with van der Waals surface area (Å²) >= 11 is 0. The van der Waals surface area contributed by atoms with E-state index in [4.69, 9.17) is 0 Å². The molecule has 0 saturated heterocycles. The number of nitrogens with one attached hydrogen (secondary N) is 2. The summed E-state index contributed by atoms with van der Waals surface area (Å²) in [6, 6.07) is 5.07. The van der Waals surface area contributed by atoms with Crippen molar-refractivity contribution < 1.29 is 9.18 Å². The lowest BCUT2D eigenvalue weighted by Gasteiger charge is -2.33. The normalized spacial score (nSPS) is 23.0. The molecular weight excluding hydrogens is 255 g/mol. The largest absolute Gasteiger partial charge is 0.349 e. The van der Waals surface area contributed by atoms with Gasteiger partial charge >= 0.3 is 0 Å². The zero-order valence-electron chi connectivity index (χ0n) is 12.4. The molecule has 0 heterocycles. The van der Waals surface area contributed by atoms with Crippen LogP contribution in [0.15, 0.2) is 18.2 Å². The van der Waals surface area contributed by atoms with Gasteiger partial charge in [0, 0.05) is 12.5 Å². The van der Waals surface area contributed by atoms with E-state index < -0.39 is 0 Å². The van der Waals surface area contributed by atoms with Crippen molar-refractivity contribution >= 4 is 5.91 Å². The minimum Gasteiger partial charge on any atom is -0.349 e. The molecule has 0 spiro atoms. The maximum absolute atomic E-state index is 13.9. The standard InChI is InChI=1S/C16H23FN2O/c1-10-7-8-12-13(5-4-6-14(12)17)15(10)19-16(20)11(2)9-18-3/h4-6,10-11,15,18H,7-9H2,1-3H3,(H,19,20). The summed E-state index contributed by atoms with van der Waals surface area (Å²) in [4.78, 5) is 12.2. The molecule has 0 fully saturated rings. The average Bonchev–Trinajstić information content (AvgIpc) is 2.42. The smallest absolute Gasteiger partial charge is 0.224 e. The van der Waals surface area contributed by atoms with Gasteiger partial charge in [-0.15, -0.1) is 0 Å². The van der Waals surface area contributed by atoms with Crippen LogP contribution < -0.4 is 10.6 Å². The summed E-state index contributed by atoms with van der Waals surface area (Å²) in [6.07, 6.45) is 1.65. The van der Waals surface area contributed by atoms with Gasteiger partial charge in [-0.3, -0.25) is 4.79 Å². The van der Waals surface area contributed by atoms with E-state index in [2.05, 4.69) is 17.6 Å². The molecule has 3 nitrogen and oxygen atoms in total. The molecule has 110 valence electrons. The van der Waals surface area contributed by atoms with E-state index in [0.29, 0.717) is 12.5 Å². The van der Waals surface area contributed by atoms with Crippen LogP contribution in [0, 0.1) is 17.7 Å². The Morgan fingerprint density at radius 2 is 2.25 bits per heavy atom. The Bertz CT molecular complexity index is 489. The Hall–Kier alpha value is -1.42.